The Morgan fingerprint density at radius 1 is 0.280 bits per heavy atom. The minimum absolute atomic E-state index is 0.0806. The van der Waals surface area contributed by atoms with Crippen LogP contribution in [-0.2, 0) is 28.6 Å². The van der Waals surface area contributed by atoms with Crippen molar-refractivity contribution >= 4 is 17.9 Å². The highest BCUT2D eigenvalue weighted by atomic mass is 16.6. The largest absolute Gasteiger partial charge is 0.462 e. The maximum Gasteiger partial charge on any atom is 0.306 e. The van der Waals surface area contributed by atoms with E-state index in [4.69, 9.17) is 14.2 Å². The summed E-state index contributed by atoms with van der Waals surface area (Å²) in [6, 6.07) is 0. The fourth-order valence-electron chi connectivity index (χ4n) is 8.84. The molecule has 6 heteroatoms. The first-order valence-corrected chi connectivity index (χ1v) is 31.7. The van der Waals surface area contributed by atoms with E-state index in [1.54, 1.807) is 0 Å². The number of carbonyl (C=O) groups excluding carboxylic acids is 3. The summed E-state index contributed by atoms with van der Waals surface area (Å²) in [5.74, 6) is -0.887. The van der Waals surface area contributed by atoms with Gasteiger partial charge in [-0.3, -0.25) is 14.4 Å². The number of esters is 3. The second-order valence-corrected chi connectivity index (χ2v) is 20.9. The lowest BCUT2D eigenvalue weighted by Crippen LogP contribution is -2.30. The van der Waals surface area contributed by atoms with Crippen molar-refractivity contribution in [2.24, 2.45) is 0 Å². The molecule has 0 saturated heterocycles. The van der Waals surface area contributed by atoms with Crippen LogP contribution in [-0.4, -0.2) is 37.2 Å². The summed E-state index contributed by atoms with van der Waals surface area (Å²) < 4.78 is 16.9. The van der Waals surface area contributed by atoms with E-state index in [-0.39, 0.29) is 31.1 Å². The zero-order chi connectivity index (χ0) is 54.3. The summed E-state index contributed by atoms with van der Waals surface area (Å²) in [7, 11) is 0. The summed E-state index contributed by atoms with van der Waals surface area (Å²) in [6.07, 6.45) is 84.2. The van der Waals surface area contributed by atoms with Crippen LogP contribution in [0.5, 0.6) is 0 Å². The van der Waals surface area contributed by atoms with Gasteiger partial charge in [-0.15, -0.1) is 0 Å². The van der Waals surface area contributed by atoms with E-state index in [0.29, 0.717) is 19.3 Å². The Bertz CT molecular complexity index is 1480. The molecule has 430 valence electrons. The second kappa shape index (κ2) is 62.9. The van der Waals surface area contributed by atoms with E-state index in [1.165, 1.54) is 141 Å². The number of allylic oxidation sites excluding steroid dienone is 16. The van der Waals surface area contributed by atoms with Gasteiger partial charge in [0.15, 0.2) is 6.10 Å². The SMILES string of the molecule is CC/C=C\C/C=C\C/C=C\C/C=C\C/C=C\C/C=C\C/C=C\CCCCCCCCCCCC(=O)OCC(COC(=O)CCCCCCC/C=C\CCC)OC(=O)CCCCCCCCCCCCCCCCCC. The minimum atomic E-state index is -0.781. The Morgan fingerprint density at radius 2 is 0.547 bits per heavy atom. The second-order valence-electron chi connectivity index (χ2n) is 20.9. The van der Waals surface area contributed by atoms with E-state index in [9.17, 15) is 14.4 Å². The molecule has 1 unspecified atom stereocenters. The Kier molecular flexibility index (Phi) is 59.8. The third-order valence-electron chi connectivity index (χ3n) is 13.6. The first kappa shape index (κ1) is 71.3. The molecule has 6 nitrogen and oxygen atoms in total. The smallest absolute Gasteiger partial charge is 0.306 e. The maximum absolute atomic E-state index is 12.9. The molecule has 0 aromatic rings. The summed E-state index contributed by atoms with van der Waals surface area (Å²) in [5, 5.41) is 0. The van der Waals surface area contributed by atoms with Gasteiger partial charge in [-0.05, 0) is 96.3 Å². The molecular weight excluding hydrogens is 925 g/mol. The molecule has 0 amide bonds. The molecule has 0 aliphatic rings. The highest BCUT2D eigenvalue weighted by molar-refractivity contribution is 5.71. The van der Waals surface area contributed by atoms with Crippen LogP contribution in [0.3, 0.4) is 0 Å². The van der Waals surface area contributed by atoms with Crippen LogP contribution in [0.2, 0.25) is 0 Å². The number of ether oxygens (including phenoxy) is 3. The van der Waals surface area contributed by atoms with Crippen molar-refractivity contribution in [1.29, 1.82) is 0 Å². The van der Waals surface area contributed by atoms with Crippen molar-refractivity contribution in [2.45, 2.75) is 309 Å². The lowest BCUT2D eigenvalue weighted by atomic mass is 10.0. The van der Waals surface area contributed by atoms with Gasteiger partial charge in [0.1, 0.15) is 13.2 Å². The van der Waals surface area contributed by atoms with E-state index in [2.05, 4.69) is 118 Å². The third kappa shape index (κ3) is 61.1. The zero-order valence-electron chi connectivity index (χ0n) is 49.3. The predicted octanol–water partition coefficient (Wildman–Crippen LogP) is 21.7. The summed E-state index contributed by atoms with van der Waals surface area (Å²) >= 11 is 0. The summed E-state index contributed by atoms with van der Waals surface area (Å²) in [6.45, 7) is 6.48. The minimum Gasteiger partial charge on any atom is -0.462 e. The molecule has 0 bridgehead atoms. The first-order valence-electron chi connectivity index (χ1n) is 31.7. The van der Waals surface area contributed by atoms with Gasteiger partial charge >= 0.3 is 17.9 Å². The van der Waals surface area contributed by atoms with Gasteiger partial charge in [0.2, 0.25) is 0 Å². The van der Waals surface area contributed by atoms with E-state index >= 15 is 0 Å². The fourth-order valence-corrected chi connectivity index (χ4v) is 8.84. The Morgan fingerprint density at radius 3 is 0.880 bits per heavy atom. The van der Waals surface area contributed by atoms with E-state index in [0.717, 1.165) is 122 Å². The van der Waals surface area contributed by atoms with Gasteiger partial charge in [0, 0.05) is 19.3 Å². The third-order valence-corrected chi connectivity index (χ3v) is 13.6. The van der Waals surface area contributed by atoms with Crippen LogP contribution in [0.15, 0.2) is 97.2 Å². The van der Waals surface area contributed by atoms with Gasteiger partial charge in [-0.25, -0.2) is 0 Å². The molecule has 0 aromatic heterocycles. The van der Waals surface area contributed by atoms with Crippen molar-refractivity contribution in [3.63, 3.8) is 0 Å². The molecule has 75 heavy (non-hydrogen) atoms. The molecule has 0 aliphatic carbocycles. The highest BCUT2D eigenvalue weighted by Crippen LogP contribution is 2.16. The normalized spacial score (nSPS) is 12.7. The lowest BCUT2D eigenvalue weighted by Gasteiger charge is -2.18. The molecule has 0 N–H and O–H groups in total. The number of hydrogen-bond acceptors (Lipinski definition) is 6. The van der Waals surface area contributed by atoms with Gasteiger partial charge < -0.3 is 14.2 Å². The number of hydrogen-bond donors (Lipinski definition) is 0. The standard InChI is InChI=1S/C69H118O6/c1-4-7-10-13-16-19-22-24-26-28-29-30-31-32-33-34-35-36-37-38-39-40-41-42-44-45-47-50-53-56-59-62-68(71)74-65-66(64-73-67(70)61-58-55-52-49-21-18-15-12-9-6-3)75-69(72)63-60-57-54-51-48-46-43-27-25-23-20-17-14-11-8-5-2/h7,10,12,15-16,19,24,26,29-30,32-33,35-36,38-39,66H,4-6,8-9,11,13-14,17-18,20-23,25,27-28,31,34,37,40-65H2,1-3H3/b10-7-,15-12-,19-16-,26-24-,30-29-,33-32-,36-35-,39-38-. The molecule has 0 aliphatic heterocycles. The fraction of sp³-hybridized carbons (Fsp3) is 0.725. The maximum atomic E-state index is 12.9. The molecule has 0 fully saturated rings. The van der Waals surface area contributed by atoms with E-state index in [1.807, 2.05) is 0 Å². The van der Waals surface area contributed by atoms with E-state index < -0.39 is 6.10 Å². The van der Waals surface area contributed by atoms with Crippen molar-refractivity contribution in [3.8, 4) is 0 Å². The highest BCUT2D eigenvalue weighted by Gasteiger charge is 2.19. The van der Waals surface area contributed by atoms with Crippen molar-refractivity contribution in [1.82, 2.24) is 0 Å². The van der Waals surface area contributed by atoms with Crippen molar-refractivity contribution < 1.29 is 28.6 Å². The molecule has 0 spiro atoms. The van der Waals surface area contributed by atoms with Crippen LogP contribution in [0.1, 0.15) is 303 Å². The molecule has 0 aromatic carbocycles. The summed E-state index contributed by atoms with van der Waals surface area (Å²) in [5.41, 5.74) is 0. The van der Waals surface area contributed by atoms with Crippen molar-refractivity contribution in [3.05, 3.63) is 97.2 Å². The molecule has 0 radical (unpaired) electrons. The van der Waals surface area contributed by atoms with Crippen LogP contribution in [0, 0.1) is 0 Å². The Balaban J connectivity index is 4.20. The molecular formula is C69H118O6. The topological polar surface area (TPSA) is 78.9 Å². The number of rotatable bonds is 57. The predicted molar refractivity (Wildman–Crippen MR) is 325 cm³/mol. The van der Waals surface area contributed by atoms with Gasteiger partial charge in [0.25, 0.3) is 0 Å². The van der Waals surface area contributed by atoms with Crippen LogP contribution < -0.4 is 0 Å². The number of carbonyl (C=O) groups is 3. The van der Waals surface area contributed by atoms with Gasteiger partial charge in [-0.1, -0.05) is 285 Å². The zero-order valence-corrected chi connectivity index (χ0v) is 49.3. The molecule has 0 rings (SSSR count). The quantitative estimate of drug-likeness (QED) is 0.0261. The lowest BCUT2D eigenvalue weighted by molar-refractivity contribution is -0.167. The average Bonchev–Trinajstić information content (AvgIpc) is 3.41. The first-order chi connectivity index (χ1) is 37.0. The van der Waals surface area contributed by atoms with Crippen LogP contribution in [0.4, 0.5) is 0 Å². The van der Waals surface area contributed by atoms with Gasteiger partial charge in [-0.2, -0.15) is 0 Å². The average molecular weight is 1040 g/mol. The number of unbranched alkanes of at least 4 members (excludes halogenated alkanes) is 30. The Labute approximate surface area is 464 Å². The Hall–Kier alpha value is -3.67. The van der Waals surface area contributed by atoms with Crippen LogP contribution >= 0.6 is 0 Å². The monoisotopic (exact) mass is 1040 g/mol. The van der Waals surface area contributed by atoms with Crippen molar-refractivity contribution in [2.75, 3.05) is 13.2 Å². The molecule has 1 atom stereocenters. The summed E-state index contributed by atoms with van der Waals surface area (Å²) in [4.78, 5) is 38.2. The molecule has 0 heterocycles. The van der Waals surface area contributed by atoms with Crippen LogP contribution in [0.25, 0.3) is 0 Å². The van der Waals surface area contributed by atoms with Gasteiger partial charge in [0.05, 0.1) is 0 Å². The molecule has 0 saturated carbocycles.